The van der Waals surface area contributed by atoms with Gasteiger partial charge in [-0.1, -0.05) is 23.9 Å². The number of tetrazole rings is 1. The van der Waals surface area contributed by atoms with E-state index < -0.39 is 0 Å². The monoisotopic (exact) mass is 332 g/mol. The van der Waals surface area contributed by atoms with E-state index in [9.17, 15) is 0 Å². The maximum absolute atomic E-state index is 3.91. The summed E-state index contributed by atoms with van der Waals surface area (Å²) in [6.45, 7) is 0. The summed E-state index contributed by atoms with van der Waals surface area (Å²) >= 11 is 3.93. The van der Waals surface area contributed by atoms with E-state index in [1.807, 2.05) is 7.05 Å². The standard InChI is InChI=1S/C9H9IN4S/c1-14-9(11-12-13-14)15-6-7-2-4-8(10)5-3-7/h2-5H,6H2,1H3. The van der Waals surface area contributed by atoms with Crippen molar-refractivity contribution in [2.75, 3.05) is 0 Å². The van der Waals surface area contributed by atoms with E-state index in [2.05, 4.69) is 62.4 Å². The summed E-state index contributed by atoms with van der Waals surface area (Å²) in [5.74, 6) is 0.894. The van der Waals surface area contributed by atoms with Crippen molar-refractivity contribution in [3.05, 3.63) is 33.4 Å². The van der Waals surface area contributed by atoms with Gasteiger partial charge in [0.1, 0.15) is 0 Å². The Morgan fingerprint density at radius 1 is 1.33 bits per heavy atom. The molecule has 1 aromatic carbocycles. The number of hydrogen-bond acceptors (Lipinski definition) is 4. The smallest absolute Gasteiger partial charge is 0.209 e. The quantitative estimate of drug-likeness (QED) is 0.638. The van der Waals surface area contributed by atoms with Gasteiger partial charge in [0, 0.05) is 16.4 Å². The molecule has 0 atom stereocenters. The zero-order valence-electron chi connectivity index (χ0n) is 8.09. The molecule has 2 aromatic rings. The van der Waals surface area contributed by atoms with Crippen molar-refractivity contribution >= 4 is 34.4 Å². The maximum Gasteiger partial charge on any atom is 0.209 e. The minimum Gasteiger partial charge on any atom is -0.224 e. The summed E-state index contributed by atoms with van der Waals surface area (Å²) in [5, 5.41) is 12.1. The van der Waals surface area contributed by atoms with Gasteiger partial charge in [-0.3, -0.25) is 0 Å². The molecule has 0 saturated carbocycles. The van der Waals surface area contributed by atoms with Gasteiger partial charge >= 0.3 is 0 Å². The van der Waals surface area contributed by atoms with E-state index in [1.165, 1.54) is 9.13 Å². The predicted molar refractivity (Wildman–Crippen MR) is 67.5 cm³/mol. The third kappa shape index (κ3) is 2.91. The van der Waals surface area contributed by atoms with Crippen molar-refractivity contribution in [3.8, 4) is 0 Å². The van der Waals surface area contributed by atoms with Gasteiger partial charge < -0.3 is 0 Å². The molecule has 2 rings (SSSR count). The average Bonchev–Trinajstić information content (AvgIpc) is 2.63. The summed E-state index contributed by atoms with van der Waals surface area (Å²) in [5.41, 5.74) is 1.28. The fourth-order valence-corrected chi connectivity index (χ4v) is 2.24. The number of hydrogen-bond donors (Lipinski definition) is 0. The lowest BCUT2D eigenvalue weighted by Crippen LogP contribution is -1.93. The number of aryl methyl sites for hydroxylation is 1. The predicted octanol–water partition coefficient (Wildman–Crippen LogP) is 2.11. The molecule has 0 aliphatic heterocycles. The molecule has 0 saturated heterocycles. The highest BCUT2D eigenvalue weighted by atomic mass is 127. The molecule has 78 valence electrons. The van der Waals surface area contributed by atoms with Crippen LogP contribution in [0.2, 0.25) is 0 Å². The highest BCUT2D eigenvalue weighted by molar-refractivity contribution is 14.1. The number of halogens is 1. The van der Waals surface area contributed by atoms with Gasteiger partial charge in [0.05, 0.1) is 0 Å². The molecule has 0 N–H and O–H groups in total. The van der Waals surface area contributed by atoms with Crippen molar-refractivity contribution in [2.45, 2.75) is 10.9 Å². The third-order valence-electron chi connectivity index (χ3n) is 1.86. The zero-order chi connectivity index (χ0) is 10.7. The summed E-state index contributed by atoms with van der Waals surface area (Å²) in [6.07, 6.45) is 0. The van der Waals surface area contributed by atoms with E-state index >= 15 is 0 Å². The first-order chi connectivity index (χ1) is 7.25. The summed E-state index contributed by atoms with van der Waals surface area (Å²) in [6, 6.07) is 8.45. The van der Waals surface area contributed by atoms with E-state index in [0.29, 0.717) is 0 Å². The van der Waals surface area contributed by atoms with Gasteiger partial charge in [0.25, 0.3) is 0 Å². The molecule has 0 amide bonds. The van der Waals surface area contributed by atoms with Gasteiger partial charge in [-0.15, -0.1) is 5.10 Å². The first-order valence-electron chi connectivity index (χ1n) is 4.35. The molecule has 15 heavy (non-hydrogen) atoms. The van der Waals surface area contributed by atoms with E-state index in [-0.39, 0.29) is 0 Å². The lowest BCUT2D eigenvalue weighted by Gasteiger charge is -2.00. The Morgan fingerprint density at radius 2 is 2.07 bits per heavy atom. The Balaban J connectivity index is 1.99. The van der Waals surface area contributed by atoms with Crippen LogP contribution in [0.25, 0.3) is 0 Å². The lowest BCUT2D eigenvalue weighted by atomic mass is 10.2. The average molecular weight is 332 g/mol. The first kappa shape index (κ1) is 10.9. The number of benzene rings is 1. The van der Waals surface area contributed by atoms with Gasteiger partial charge in [-0.05, 0) is 50.7 Å². The van der Waals surface area contributed by atoms with Crippen LogP contribution in [0.15, 0.2) is 29.4 Å². The second kappa shape index (κ2) is 4.93. The second-order valence-corrected chi connectivity index (χ2v) is 5.19. The van der Waals surface area contributed by atoms with Crippen LogP contribution in [0.3, 0.4) is 0 Å². The Hall–Kier alpha value is -0.630. The number of nitrogens with zero attached hydrogens (tertiary/aromatic N) is 4. The normalized spacial score (nSPS) is 10.5. The van der Waals surface area contributed by atoms with E-state index in [0.717, 1.165) is 10.9 Å². The van der Waals surface area contributed by atoms with Crippen molar-refractivity contribution in [1.82, 2.24) is 20.2 Å². The molecule has 0 radical (unpaired) electrons. The maximum atomic E-state index is 3.91. The largest absolute Gasteiger partial charge is 0.224 e. The lowest BCUT2D eigenvalue weighted by molar-refractivity contribution is 0.664. The molecule has 6 heteroatoms. The van der Waals surface area contributed by atoms with Crippen molar-refractivity contribution in [2.24, 2.45) is 7.05 Å². The van der Waals surface area contributed by atoms with Crippen LogP contribution in [0.5, 0.6) is 0 Å². The minimum absolute atomic E-state index is 0.841. The SMILES string of the molecule is Cn1nnnc1SCc1ccc(I)cc1. The van der Waals surface area contributed by atoms with Crippen LogP contribution in [0.1, 0.15) is 5.56 Å². The highest BCUT2D eigenvalue weighted by Crippen LogP contribution is 2.19. The van der Waals surface area contributed by atoms with Gasteiger partial charge in [-0.25, -0.2) is 4.68 Å². The highest BCUT2D eigenvalue weighted by Gasteiger charge is 2.02. The van der Waals surface area contributed by atoms with Crippen molar-refractivity contribution in [3.63, 3.8) is 0 Å². The zero-order valence-corrected chi connectivity index (χ0v) is 11.1. The molecule has 1 heterocycles. The third-order valence-corrected chi connectivity index (χ3v) is 3.66. The van der Waals surface area contributed by atoms with Crippen LogP contribution < -0.4 is 0 Å². The molecule has 0 aliphatic rings. The second-order valence-electron chi connectivity index (χ2n) is 3.00. The van der Waals surface area contributed by atoms with Crippen LogP contribution in [0, 0.1) is 3.57 Å². The van der Waals surface area contributed by atoms with Gasteiger partial charge in [0.15, 0.2) is 0 Å². The minimum atomic E-state index is 0.841. The Morgan fingerprint density at radius 3 is 2.67 bits per heavy atom. The molecular weight excluding hydrogens is 323 g/mol. The van der Waals surface area contributed by atoms with Gasteiger partial charge in [-0.2, -0.15) is 0 Å². The number of rotatable bonds is 3. The topological polar surface area (TPSA) is 43.6 Å². The fraction of sp³-hybridized carbons (Fsp3) is 0.222. The molecule has 0 aliphatic carbocycles. The van der Waals surface area contributed by atoms with E-state index in [1.54, 1.807) is 16.4 Å². The molecule has 0 fully saturated rings. The fourth-order valence-electron chi connectivity index (χ4n) is 1.07. The molecule has 0 unspecified atom stereocenters. The summed E-state index contributed by atoms with van der Waals surface area (Å²) < 4.78 is 2.93. The van der Waals surface area contributed by atoms with Crippen molar-refractivity contribution in [1.29, 1.82) is 0 Å². The van der Waals surface area contributed by atoms with Crippen LogP contribution >= 0.6 is 34.4 Å². The van der Waals surface area contributed by atoms with Crippen molar-refractivity contribution < 1.29 is 0 Å². The summed E-state index contributed by atoms with van der Waals surface area (Å²) in [7, 11) is 1.84. The Bertz CT molecular complexity index is 440. The van der Waals surface area contributed by atoms with Gasteiger partial charge in [0.2, 0.25) is 5.16 Å². The Labute approximate surface area is 106 Å². The van der Waals surface area contributed by atoms with E-state index in [4.69, 9.17) is 0 Å². The Kier molecular flexibility index (Phi) is 3.57. The first-order valence-corrected chi connectivity index (χ1v) is 6.42. The van der Waals surface area contributed by atoms with Crippen LogP contribution in [0.4, 0.5) is 0 Å². The van der Waals surface area contributed by atoms with Crippen LogP contribution in [-0.2, 0) is 12.8 Å². The summed E-state index contributed by atoms with van der Waals surface area (Å²) in [4.78, 5) is 0. The molecule has 1 aromatic heterocycles. The molecule has 0 spiro atoms. The van der Waals surface area contributed by atoms with Crippen LogP contribution in [-0.4, -0.2) is 20.2 Å². The molecule has 0 bridgehead atoms. The molecular formula is C9H9IN4S. The number of thioether (sulfide) groups is 1. The number of aromatic nitrogens is 4. The molecule has 4 nitrogen and oxygen atoms in total.